The summed E-state index contributed by atoms with van der Waals surface area (Å²) in [4.78, 5) is 14.6. The van der Waals surface area contributed by atoms with Gasteiger partial charge in [-0.2, -0.15) is 0 Å². The number of rotatable bonds is 3. The summed E-state index contributed by atoms with van der Waals surface area (Å²) in [5.41, 5.74) is 0. The molecule has 3 nitrogen and oxygen atoms in total. The minimum absolute atomic E-state index is 0.182. The Bertz CT molecular complexity index is 308. The lowest BCUT2D eigenvalue weighted by Gasteiger charge is -2.38. The quantitative estimate of drug-likeness (QED) is 0.853. The van der Waals surface area contributed by atoms with Gasteiger partial charge in [-0.1, -0.05) is 13.8 Å². The predicted octanol–water partition coefficient (Wildman–Crippen LogP) is 2.33. The first kappa shape index (κ1) is 15.0. The molecule has 2 aliphatic rings. The monoisotopic (exact) mass is 267 g/mol. The van der Waals surface area contributed by atoms with Crippen LogP contribution in [0.3, 0.4) is 0 Å². The molecule has 3 heteroatoms. The molecule has 1 saturated heterocycles. The zero-order valence-corrected chi connectivity index (χ0v) is 12.6. The van der Waals surface area contributed by atoms with Crippen LogP contribution in [0.15, 0.2) is 0 Å². The van der Waals surface area contributed by atoms with Crippen LogP contribution in [0.25, 0.3) is 0 Å². The smallest absolute Gasteiger partial charge is 0.137 e. The topological polar surface area (TPSA) is 40.5 Å². The average molecular weight is 267 g/mol. The molecule has 0 aromatic carbocycles. The van der Waals surface area contributed by atoms with E-state index in [9.17, 15) is 9.90 Å². The fourth-order valence-electron chi connectivity index (χ4n) is 3.87. The zero-order chi connectivity index (χ0) is 14.0. The average Bonchev–Trinajstić information content (AvgIpc) is 2.34. The molecule has 1 aliphatic heterocycles. The molecular formula is C16H29NO2. The van der Waals surface area contributed by atoms with E-state index in [1.165, 1.54) is 6.42 Å². The van der Waals surface area contributed by atoms with Crippen LogP contribution in [-0.4, -0.2) is 41.5 Å². The summed E-state index contributed by atoms with van der Waals surface area (Å²) in [6.45, 7) is 9.36. The standard InChI is InChI=1S/C16H29NO2/c1-11-8-12(2)15(16(19)9-11)10-17-6-4-14(5-7-17)13(3)18/h11-15,18H,4-10H2,1-3H3. The molecule has 0 aromatic rings. The van der Waals surface area contributed by atoms with E-state index in [1.54, 1.807) is 0 Å². The SMILES string of the molecule is CC1CC(=O)C(CN2CCC(C(C)O)CC2)C(C)C1. The van der Waals surface area contributed by atoms with Gasteiger partial charge in [-0.15, -0.1) is 0 Å². The Hall–Kier alpha value is -0.410. The van der Waals surface area contributed by atoms with E-state index in [-0.39, 0.29) is 12.0 Å². The molecule has 2 rings (SSSR count). The highest BCUT2D eigenvalue weighted by atomic mass is 16.3. The van der Waals surface area contributed by atoms with Crippen molar-refractivity contribution in [2.45, 2.75) is 52.6 Å². The largest absolute Gasteiger partial charge is 0.393 e. The van der Waals surface area contributed by atoms with E-state index in [4.69, 9.17) is 0 Å². The lowest BCUT2D eigenvalue weighted by atomic mass is 9.74. The minimum Gasteiger partial charge on any atom is -0.393 e. The van der Waals surface area contributed by atoms with E-state index in [0.717, 1.165) is 38.9 Å². The number of aliphatic hydroxyl groups excluding tert-OH is 1. The van der Waals surface area contributed by atoms with Gasteiger partial charge in [0.1, 0.15) is 5.78 Å². The van der Waals surface area contributed by atoms with Crippen LogP contribution in [0.4, 0.5) is 0 Å². The van der Waals surface area contributed by atoms with E-state index < -0.39 is 0 Å². The fourth-order valence-corrected chi connectivity index (χ4v) is 3.87. The number of carbonyl (C=O) groups excluding carboxylic acids is 1. The van der Waals surface area contributed by atoms with Gasteiger partial charge in [-0.3, -0.25) is 4.79 Å². The third kappa shape index (κ3) is 3.79. The molecule has 0 spiro atoms. The maximum absolute atomic E-state index is 12.2. The van der Waals surface area contributed by atoms with Crippen molar-refractivity contribution in [3.05, 3.63) is 0 Å². The number of hydrogen-bond donors (Lipinski definition) is 1. The molecule has 0 bridgehead atoms. The molecule has 4 unspecified atom stereocenters. The van der Waals surface area contributed by atoms with Gasteiger partial charge in [0.05, 0.1) is 6.10 Å². The van der Waals surface area contributed by atoms with E-state index in [1.807, 2.05) is 6.92 Å². The predicted molar refractivity (Wildman–Crippen MR) is 76.9 cm³/mol. The second-order valence-electron chi connectivity index (χ2n) is 6.97. The number of nitrogens with zero attached hydrogens (tertiary/aromatic N) is 1. The number of carbonyl (C=O) groups is 1. The number of aliphatic hydroxyl groups is 1. The van der Waals surface area contributed by atoms with E-state index in [0.29, 0.717) is 23.5 Å². The third-order valence-electron chi connectivity index (χ3n) is 5.19. The number of ketones is 1. The van der Waals surface area contributed by atoms with Crippen molar-refractivity contribution in [1.82, 2.24) is 4.90 Å². The van der Waals surface area contributed by atoms with E-state index >= 15 is 0 Å². The Morgan fingerprint density at radius 3 is 2.47 bits per heavy atom. The number of likely N-dealkylation sites (tertiary alicyclic amines) is 1. The van der Waals surface area contributed by atoms with Gasteiger partial charge in [0.25, 0.3) is 0 Å². The van der Waals surface area contributed by atoms with Gasteiger partial charge < -0.3 is 10.0 Å². The third-order valence-corrected chi connectivity index (χ3v) is 5.19. The van der Waals surface area contributed by atoms with Crippen molar-refractivity contribution in [3.8, 4) is 0 Å². The van der Waals surface area contributed by atoms with Crippen molar-refractivity contribution in [3.63, 3.8) is 0 Å². The Morgan fingerprint density at radius 2 is 1.95 bits per heavy atom. The molecule has 0 aromatic heterocycles. The molecule has 0 radical (unpaired) electrons. The Kier molecular flexibility index (Phi) is 5.02. The highest BCUT2D eigenvalue weighted by molar-refractivity contribution is 5.82. The molecule has 1 N–H and O–H groups in total. The summed E-state index contributed by atoms with van der Waals surface area (Å²) in [5.74, 6) is 2.28. The van der Waals surface area contributed by atoms with Crippen molar-refractivity contribution < 1.29 is 9.90 Å². The van der Waals surface area contributed by atoms with Gasteiger partial charge >= 0.3 is 0 Å². The van der Waals surface area contributed by atoms with Gasteiger partial charge in [0.15, 0.2) is 0 Å². The molecule has 1 saturated carbocycles. The van der Waals surface area contributed by atoms with E-state index in [2.05, 4.69) is 18.7 Å². The van der Waals surface area contributed by atoms with Crippen LogP contribution in [0, 0.1) is 23.7 Å². The fraction of sp³-hybridized carbons (Fsp3) is 0.938. The summed E-state index contributed by atoms with van der Waals surface area (Å²) in [5, 5.41) is 9.63. The molecule has 1 aliphatic carbocycles. The molecular weight excluding hydrogens is 238 g/mol. The van der Waals surface area contributed by atoms with Gasteiger partial charge in [0.2, 0.25) is 0 Å². The first-order chi connectivity index (χ1) is 8.97. The Labute approximate surface area is 117 Å². The minimum atomic E-state index is -0.182. The summed E-state index contributed by atoms with van der Waals surface area (Å²) in [6.07, 6.45) is 3.94. The molecule has 2 fully saturated rings. The van der Waals surface area contributed by atoms with Gasteiger partial charge in [-0.25, -0.2) is 0 Å². The summed E-state index contributed by atoms with van der Waals surface area (Å²) in [6, 6.07) is 0. The van der Waals surface area contributed by atoms with Crippen LogP contribution >= 0.6 is 0 Å². The maximum Gasteiger partial charge on any atom is 0.137 e. The lowest BCUT2D eigenvalue weighted by molar-refractivity contribution is -0.129. The van der Waals surface area contributed by atoms with Crippen LogP contribution in [0.5, 0.6) is 0 Å². The van der Waals surface area contributed by atoms with Crippen LogP contribution < -0.4 is 0 Å². The normalized spacial score (nSPS) is 36.4. The van der Waals surface area contributed by atoms with Gasteiger partial charge in [0, 0.05) is 18.9 Å². The molecule has 110 valence electrons. The number of Topliss-reactive ketones (excluding diaryl/α,β-unsaturated/α-hetero) is 1. The van der Waals surface area contributed by atoms with Crippen LogP contribution in [0.1, 0.15) is 46.5 Å². The van der Waals surface area contributed by atoms with Crippen molar-refractivity contribution in [1.29, 1.82) is 0 Å². The Morgan fingerprint density at radius 1 is 1.32 bits per heavy atom. The molecule has 19 heavy (non-hydrogen) atoms. The van der Waals surface area contributed by atoms with Crippen molar-refractivity contribution in [2.24, 2.45) is 23.7 Å². The van der Waals surface area contributed by atoms with Gasteiger partial charge in [-0.05, 0) is 57.0 Å². The first-order valence-electron chi connectivity index (χ1n) is 7.90. The highest BCUT2D eigenvalue weighted by Crippen LogP contribution is 2.32. The summed E-state index contributed by atoms with van der Waals surface area (Å²) in [7, 11) is 0. The second-order valence-corrected chi connectivity index (χ2v) is 6.97. The molecule has 1 heterocycles. The van der Waals surface area contributed by atoms with Crippen molar-refractivity contribution in [2.75, 3.05) is 19.6 Å². The Balaban J connectivity index is 1.83. The summed E-state index contributed by atoms with van der Waals surface area (Å²) < 4.78 is 0. The lowest BCUT2D eigenvalue weighted by Crippen LogP contribution is -2.44. The van der Waals surface area contributed by atoms with Crippen LogP contribution in [0.2, 0.25) is 0 Å². The highest BCUT2D eigenvalue weighted by Gasteiger charge is 2.34. The summed E-state index contributed by atoms with van der Waals surface area (Å²) >= 11 is 0. The number of hydrogen-bond acceptors (Lipinski definition) is 3. The molecule has 4 atom stereocenters. The number of piperidine rings is 1. The van der Waals surface area contributed by atoms with Crippen LogP contribution in [-0.2, 0) is 4.79 Å². The van der Waals surface area contributed by atoms with Crippen molar-refractivity contribution >= 4 is 5.78 Å². The maximum atomic E-state index is 12.2. The second kappa shape index (κ2) is 6.36. The molecule has 0 amide bonds. The zero-order valence-electron chi connectivity index (χ0n) is 12.6. The first-order valence-corrected chi connectivity index (χ1v) is 7.90.